The normalized spacial score (nSPS) is 11.9. The largest absolute Gasteiger partial charge is 0.494 e. The van der Waals surface area contributed by atoms with Crippen LogP contribution < -0.4 is 0 Å². The molecule has 0 radical (unpaired) electrons. The van der Waals surface area contributed by atoms with Gasteiger partial charge in [-0.25, -0.2) is 4.79 Å². The van der Waals surface area contributed by atoms with Gasteiger partial charge < -0.3 is 14.8 Å². The van der Waals surface area contributed by atoms with Gasteiger partial charge in [-0.3, -0.25) is 0 Å². The molecule has 0 aliphatic carbocycles. The Morgan fingerprint density at radius 2 is 1.62 bits per heavy atom. The molecular weight excluding hydrogens is 398 g/mol. The number of allylic oxidation sites excluding steroid dienone is 1. The van der Waals surface area contributed by atoms with Gasteiger partial charge in [0.25, 0.3) is 0 Å². The van der Waals surface area contributed by atoms with E-state index in [1.165, 1.54) is 0 Å². The quantitative estimate of drug-likeness (QED) is 0.352. The van der Waals surface area contributed by atoms with Crippen molar-refractivity contribution in [1.82, 2.24) is 4.57 Å². The number of rotatable bonds is 7. The molecule has 0 bridgehead atoms. The van der Waals surface area contributed by atoms with E-state index in [4.69, 9.17) is 0 Å². The summed E-state index contributed by atoms with van der Waals surface area (Å²) in [6.07, 6.45) is 3.10. The molecule has 2 N–H and O–H groups in total. The molecule has 3 aromatic carbocycles. The third-order valence-electron chi connectivity index (χ3n) is 5.61. The fraction of sp³-hybridized carbons (Fsp3) is 0.179. The molecule has 0 aliphatic rings. The second-order valence-corrected chi connectivity index (χ2v) is 8.42. The molecule has 0 spiro atoms. The number of aromatic carboxylic acids is 1. The minimum absolute atomic E-state index is 0.186. The van der Waals surface area contributed by atoms with E-state index >= 15 is 0 Å². The molecule has 0 aliphatic heterocycles. The Labute approximate surface area is 188 Å². The van der Waals surface area contributed by atoms with Gasteiger partial charge in [0.05, 0.1) is 23.2 Å². The SMILES string of the molecule is CC(C)CC=C(c1ccccc1)c1c(O)n(Cc2cccc(C(=O)O)c2)c2ccccc12. The van der Waals surface area contributed by atoms with Gasteiger partial charge in [0, 0.05) is 5.39 Å². The van der Waals surface area contributed by atoms with Gasteiger partial charge in [0.2, 0.25) is 5.88 Å². The summed E-state index contributed by atoms with van der Waals surface area (Å²) in [5.74, 6) is -0.286. The van der Waals surface area contributed by atoms with Gasteiger partial charge in [-0.2, -0.15) is 0 Å². The number of hydrogen-bond acceptors (Lipinski definition) is 2. The summed E-state index contributed by atoms with van der Waals surface area (Å²) in [7, 11) is 0. The maximum absolute atomic E-state index is 11.5. The molecule has 0 amide bonds. The molecule has 0 unspecified atom stereocenters. The lowest BCUT2D eigenvalue weighted by molar-refractivity contribution is 0.0696. The number of carboxylic acid groups (broad SMARTS) is 1. The molecule has 162 valence electrons. The standard InChI is InChI=1S/C28H27NO3/c1-19(2)15-16-23(21-10-4-3-5-11-21)26-24-13-6-7-14-25(24)29(27(26)30)18-20-9-8-12-22(17-20)28(31)32/h3-14,16-17,19,30H,15,18H2,1-2H3,(H,31,32). The fourth-order valence-corrected chi connectivity index (χ4v) is 4.04. The fourth-order valence-electron chi connectivity index (χ4n) is 4.04. The van der Waals surface area contributed by atoms with E-state index in [1.54, 1.807) is 18.2 Å². The molecule has 4 nitrogen and oxygen atoms in total. The van der Waals surface area contributed by atoms with Crippen LogP contribution in [0.2, 0.25) is 0 Å². The summed E-state index contributed by atoms with van der Waals surface area (Å²) in [6, 6.07) is 24.9. The first kappa shape index (κ1) is 21.4. The van der Waals surface area contributed by atoms with Gasteiger partial charge in [-0.15, -0.1) is 0 Å². The summed E-state index contributed by atoms with van der Waals surface area (Å²) in [6.45, 7) is 4.73. The first-order valence-electron chi connectivity index (χ1n) is 10.8. The number of carboxylic acids is 1. The maximum Gasteiger partial charge on any atom is 0.335 e. The van der Waals surface area contributed by atoms with E-state index in [0.717, 1.165) is 39.6 Å². The topological polar surface area (TPSA) is 62.5 Å². The average molecular weight is 426 g/mol. The lowest BCUT2D eigenvalue weighted by Gasteiger charge is -2.11. The van der Waals surface area contributed by atoms with Crippen LogP contribution in [0.1, 0.15) is 47.3 Å². The molecule has 32 heavy (non-hydrogen) atoms. The third-order valence-corrected chi connectivity index (χ3v) is 5.61. The molecule has 4 heteroatoms. The van der Waals surface area contributed by atoms with Crippen molar-refractivity contribution in [2.24, 2.45) is 5.92 Å². The van der Waals surface area contributed by atoms with Crippen molar-refractivity contribution < 1.29 is 15.0 Å². The maximum atomic E-state index is 11.5. The summed E-state index contributed by atoms with van der Waals surface area (Å²) in [5.41, 5.74) is 4.83. The Morgan fingerprint density at radius 1 is 0.938 bits per heavy atom. The summed E-state index contributed by atoms with van der Waals surface area (Å²) < 4.78 is 1.86. The highest BCUT2D eigenvalue weighted by Crippen LogP contribution is 2.40. The number of nitrogens with zero attached hydrogens (tertiary/aromatic N) is 1. The minimum atomic E-state index is -0.961. The molecule has 0 saturated heterocycles. The summed E-state index contributed by atoms with van der Waals surface area (Å²) >= 11 is 0. The van der Waals surface area contributed by atoms with Gasteiger partial charge >= 0.3 is 5.97 Å². The lowest BCUT2D eigenvalue weighted by Crippen LogP contribution is -2.02. The lowest BCUT2D eigenvalue weighted by atomic mass is 9.94. The molecule has 0 atom stereocenters. The van der Waals surface area contributed by atoms with E-state index in [-0.39, 0.29) is 11.4 Å². The van der Waals surface area contributed by atoms with E-state index in [9.17, 15) is 15.0 Å². The van der Waals surface area contributed by atoms with Crippen LogP contribution in [0.3, 0.4) is 0 Å². The number of hydrogen-bond donors (Lipinski definition) is 2. The molecule has 0 fully saturated rings. The first-order valence-corrected chi connectivity index (χ1v) is 10.8. The highest BCUT2D eigenvalue weighted by Gasteiger charge is 2.21. The Balaban J connectivity index is 1.89. The average Bonchev–Trinajstić information content (AvgIpc) is 3.06. The first-order chi connectivity index (χ1) is 15.5. The number of aromatic nitrogens is 1. The Morgan fingerprint density at radius 3 is 2.34 bits per heavy atom. The smallest absolute Gasteiger partial charge is 0.335 e. The zero-order valence-corrected chi connectivity index (χ0v) is 18.3. The second-order valence-electron chi connectivity index (χ2n) is 8.42. The van der Waals surface area contributed by atoms with Gasteiger partial charge in [-0.05, 0) is 47.2 Å². The van der Waals surface area contributed by atoms with E-state index in [2.05, 4.69) is 32.1 Å². The molecule has 1 aromatic heterocycles. The number of para-hydroxylation sites is 1. The molecule has 0 saturated carbocycles. The van der Waals surface area contributed by atoms with Gasteiger partial charge in [0.1, 0.15) is 0 Å². The number of carbonyl (C=O) groups is 1. The van der Waals surface area contributed by atoms with E-state index in [1.807, 2.05) is 53.1 Å². The number of aromatic hydroxyl groups is 1. The summed E-state index contributed by atoms with van der Waals surface area (Å²) in [5, 5.41) is 21.8. The zero-order valence-electron chi connectivity index (χ0n) is 18.3. The highest BCUT2D eigenvalue weighted by molar-refractivity contribution is 6.00. The van der Waals surface area contributed by atoms with E-state index < -0.39 is 5.97 Å². The predicted octanol–water partition coefficient (Wildman–Crippen LogP) is 6.57. The second kappa shape index (κ2) is 9.15. The molecule has 4 rings (SSSR count). The number of benzene rings is 3. The van der Waals surface area contributed by atoms with Crippen LogP contribution in [0.25, 0.3) is 16.5 Å². The van der Waals surface area contributed by atoms with Crippen LogP contribution in [-0.2, 0) is 6.54 Å². The van der Waals surface area contributed by atoms with Crippen molar-refractivity contribution in [2.75, 3.05) is 0 Å². The predicted molar refractivity (Wildman–Crippen MR) is 129 cm³/mol. The van der Waals surface area contributed by atoms with E-state index in [0.29, 0.717) is 12.5 Å². The van der Waals surface area contributed by atoms with Crippen LogP contribution in [0, 0.1) is 5.92 Å². The Kier molecular flexibility index (Phi) is 6.13. The molecule has 1 heterocycles. The van der Waals surface area contributed by atoms with Crippen LogP contribution in [-0.4, -0.2) is 20.7 Å². The van der Waals surface area contributed by atoms with Crippen molar-refractivity contribution in [1.29, 1.82) is 0 Å². The van der Waals surface area contributed by atoms with Crippen LogP contribution in [0.15, 0.2) is 84.9 Å². The van der Waals surface area contributed by atoms with Crippen molar-refractivity contribution >= 4 is 22.4 Å². The monoisotopic (exact) mass is 425 g/mol. The molecule has 4 aromatic rings. The molecular formula is C28H27NO3. The van der Waals surface area contributed by atoms with Crippen LogP contribution in [0.4, 0.5) is 0 Å². The Bertz CT molecular complexity index is 1280. The van der Waals surface area contributed by atoms with Gasteiger partial charge in [0.15, 0.2) is 0 Å². The van der Waals surface area contributed by atoms with Gasteiger partial charge in [-0.1, -0.05) is 80.6 Å². The van der Waals surface area contributed by atoms with Crippen molar-refractivity contribution in [2.45, 2.75) is 26.8 Å². The zero-order chi connectivity index (χ0) is 22.7. The van der Waals surface area contributed by atoms with Crippen molar-refractivity contribution in [3.63, 3.8) is 0 Å². The third kappa shape index (κ3) is 4.30. The number of fused-ring (bicyclic) bond motifs is 1. The van der Waals surface area contributed by atoms with Crippen LogP contribution >= 0.6 is 0 Å². The van der Waals surface area contributed by atoms with Crippen molar-refractivity contribution in [3.8, 4) is 5.88 Å². The minimum Gasteiger partial charge on any atom is -0.494 e. The van der Waals surface area contributed by atoms with Crippen molar-refractivity contribution in [3.05, 3.63) is 107 Å². The van der Waals surface area contributed by atoms with Crippen LogP contribution in [0.5, 0.6) is 5.88 Å². The highest BCUT2D eigenvalue weighted by atomic mass is 16.4. The summed E-state index contributed by atoms with van der Waals surface area (Å²) in [4.78, 5) is 11.4. The Hall–Kier alpha value is -3.79.